The van der Waals surface area contributed by atoms with Crippen LogP contribution in [0.3, 0.4) is 0 Å². The summed E-state index contributed by atoms with van der Waals surface area (Å²) in [6, 6.07) is 11.1. The van der Waals surface area contributed by atoms with E-state index in [-0.39, 0.29) is 0 Å². The normalized spacial score (nSPS) is 12.5. The predicted molar refractivity (Wildman–Crippen MR) is 84.4 cm³/mol. The lowest BCUT2D eigenvalue weighted by molar-refractivity contribution is 0.219. The molecule has 2 aromatic carbocycles. The number of aliphatic hydroxyl groups is 1. The molecule has 0 saturated carbocycles. The Hall–Kier alpha value is -0.290. The van der Waals surface area contributed by atoms with E-state index in [2.05, 4.69) is 22.6 Å². The van der Waals surface area contributed by atoms with Crippen LogP contribution in [0, 0.1) is 10.5 Å². The van der Waals surface area contributed by atoms with Crippen LogP contribution in [0.25, 0.3) is 0 Å². The van der Waals surface area contributed by atoms with Gasteiger partial charge in [0.1, 0.15) is 6.10 Å². The Bertz CT molecular complexity index is 584. The third-order valence-corrected chi connectivity index (χ3v) is 4.99. The van der Waals surface area contributed by atoms with Crippen molar-refractivity contribution in [1.82, 2.24) is 0 Å². The molecular weight excluding hydrogens is 382 g/mol. The second kappa shape index (κ2) is 5.78. The first-order valence-electron chi connectivity index (χ1n) is 5.38. The molecule has 1 atom stereocenters. The van der Waals surface area contributed by atoms with Crippen LogP contribution < -0.4 is 0 Å². The second-order valence-electron chi connectivity index (χ2n) is 4.05. The van der Waals surface area contributed by atoms with Gasteiger partial charge in [0.15, 0.2) is 0 Å². The summed E-state index contributed by atoms with van der Waals surface area (Å²) in [5, 5.41) is 11.4. The number of aryl methyl sites for hydroxylation is 1. The lowest BCUT2D eigenvalue weighted by atomic mass is 10.0. The van der Waals surface area contributed by atoms with Crippen molar-refractivity contribution in [3.63, 3.8) is 0 Å². The van der Waals surface area contributed by atoms with Gasteiger partial charge < -0.3 is 5.11 Å². The average molecular weight is 393 g/mol. The molecule has 1 N–H and O–H groups in total. The van der Waals surface area contributed by atoms with Crippen molar-refractivity contribution in [2.24, 2.45) is 0 Å². The van der Waals surface area contributed by atoms with Crippen LogP contribution in [0.5, 0.6) is 0 Å². The first-order valence-corrected chi connectivity index (χ1v) is 7.22. The van der Waals surface area contributed by atoms with E-state index in [1.807, 2.05) is 25.1 Å². The number of aliphatic hydroxyl groups excluding tert-OH is 1. The summed E-state index contributed by atoms with van der Waals surface area (Å²) in [6.07, 6.45) is -0.688. The summed E-state index contributed by atoms with van der Waals surface area (Å²) in [5.74, 6) is 0. The van der Waals surface area contributed by atoms with Crippen molar-refractivity contribution in [2.45, 2.75) is 13.0 Å². The summed E-state index contributed by atoms with van der Waals surface area (Å²) in [7, 11) is 0. The molecule has 0 aliphatic heterocycles. The zero-order valence-electron chi connectivity index (χ0n) is 9.62. The zero-order chi connectivity index (χ0) is 13.3. The quantitative estimate of drug-likeness (QED) is 0.714. The Morgan fingerprint density at radius 3 is 2.50 bits per heavy atom. The van der Waals surface area contributed by atoms with Crippen molar-refractivity contribution in [3.05, 3.63) is 66.7 Å². The van der Waals surface area contributed by atoms with Gasteiger partial charge >= 0.3 is 0 Å². The summed E-state index contributed by atoms with van der Waals surface area (Å²) < 4.78 is 1.06. The van der Waals surface area contributed by atoms with Crippen LogP contribution in [-0.2, 0) is 0 Å². The number of rotatable bonds is 2. The Morgan fingerprint density at radius 1 is 1.11 bits per heavy atom. The van der Waals surface area contributed by atoms with Crippen LogP contribution in [0.15, 0.2) is 36.4 Å². The highest BCUT2D eigenvalue weighted by Gasteiger charge is 2.15. The largest absolute Gasteiger partial charge is 0.384 e. The van der Waals surface area contributed by atoms with Crippen molar-refractivity contribution in [3.8, 4) is 0 Å². The smallest absolute Gasteiger partial charge is 0.105 e. The van der Waals surface area contributed by atoms with Crippen LogP contribution in [-0.4, -0.2) is 5.11 Å². The molecular formula is C14H11Cl2IO. The number of benzene rings is 2. The summed E-state index contributed by atoms with van der Waals surface area (Å²) >= 11 is 14.1. The minimum atomic E-state index is -0.688. The highest BCUT2D eigenvalue weighted by Crippen LogP contribution is 2.31. The first kappa shape index (κ1) is 14.1. The molecule has 0 bridgehead atoms. The fraction of sp³-hybridized carbons (Fsp3) is 0.143. The lowest BCUT2D eigenvalue weighted by Gasteiger charge is -2.15. The van der Waals surface area contributed by atoms with Gasteiger partial charge in [-0.15, -0.1) is 0 Å². The van der Waals surface area contributed by atoms with E-state index in [1.165, 1.54) is 0 Å². The minimum Gasteiger partial charge on any atom is -0.384 e. The van der Waals surface area contributed by atoms with Gasteiger partial charge in [-0.2, -0.15) is 0 Å². The van der Waals surface area contributed by atoms with E-state index in [9.17, 15) is 5.11 Å². The number of hydrogen-bond acceptors (Lipinski definition) is 1. The Kier molecular flexibility index (Phi) is 4.54. The van der Waals surface area contributed by atoms with E-state index in [1.54, 1.807) is 18.2 Å². The highest BCUT2D eigenvalue weighted by atomic mass is 127. The summed E-state index contributed by atoms with van der Waals surface area (Å²) in [6.45, 7) is 2.02. The topological polar surface area (TPSA) is 20.2 Å². The van der Waals surface area contributed by atoms with Gasteiger partial charge in [-0.25, -0.2) is 0 Å². The zero-order valence-corrected chi connectivity index (χ0v) is 13.3. The van der Waals surface area contributed by atoms with Crippen LogP contribution in [0.4, 0.5) is 0 Å². The fourth-order valence-electron chi connectivity index (χ4n) is 1.74. The Morgan fingerprint density at radius 2 is 1.83 bits per heavy atom. The van der Waals surface area contributed by atoms with E-state index in [4.69, 9.17) is 23.2 Å². The van der Waals surface area contributed by atoms with Crippen LogP contribution in [0.2, 0.25) is 10.0 Å². The highest BCUT2D eigenvalue weighted by molar-refractivity contribution is 14.1. The third kappa shape index (κ3) is 2.82. The summed E-state index contributed by atoms with van der Waals surface area (Å²) in [5.41, 5.74) is 2.77. The van der Waals surface area contributed by atoms with E-state index >= 15 is 0 Å². The monoisotopic (exact) mass is 392 g/mol. The molecule has 18 heavy (non-hydrogen) atoms. The average Bonchev–Trinajstić information content (AvgIpc) is 2.35. The third-order valence-electron chi connectivity index (χ3n) is 2.78. The molecule has 1 unspecified atom stereocenters. The maximum atomic E-state index is 10.4. The Balaban J connectivity index is 2.44. The van der Waals surface area contributed by atoms with Gasteiger partial charge in [-0.05, 0) is 58.3 Å². The van der Waals surface area contributed by atoms with Gasteiger partial charge in [0, 0.05) is 3.57 Å². The molecule has 0 saturated heterocycles. The number of hydrogen-bond donors (Lipinski definition) is 1. The fourth-order valence-corrected chi connectivity index (χ4v) is 2.70. The second-order valence-corrected chi connectivity index (χ2v) is 5.95. The molecule has 4 heteroatoms. The molecule has 2 rings (SSSR count). The maximum absolute atomic E-state index is 10.4. The molecule has 0 amide bonds. The van der Waals surface area contributed by atoms with Gasteiger partial charge in [0.2, 0.25) is 0 Å². The van der Waals surface area contributed by atoms with Crippen molar-refractivity contribution < 1.29 is 5.11 Å². The van der Waals surface area contributed by atoms with Crippen LogP contribution >= 0.6 is 45.8 Å². The van der Waals surface area contributed by atoms with E-state index < -0.39 is 6.10 Å². The first-order chi connectivity index (χ1) is 8.50. The molecule has 1 nitrogen and oxygen atoms in total. The standard InChI is InChI=1S/C14H11Cl2IO/c1-8-3-2-4-10(13(8)17)14(18)9-5-6-11(15)12(16)7-9/h2-7,14,18H,1H3. The molecule has 0 aromatic heterocycles. The molecule has 2 aromatic rings. The van der Waals surface area contributed by atoms with Crippen molar-refractivity contribution in [1.29, 1.82) is 0 Å². The number of halogens is 3. The van der Waals surface area contributed by atoms with Crippen molar-refractivity contribution in [2.75, 3.05) is 0 Å². The lowest BCUT2D eigenvalue weighted by Crippen LogP contribution is -2.03. The van der Waals surface area contributed by atoms with E-state index in [0.29, 0.717) is 10.0 Å². The molecule has 0 aliphatic carbocycles. The molecule has 0 fully saturated rings. The summed E-state index contributed by atoms with van der Waals surface area (Å²) in [4.78, 5) is 0. The molecule has 94 valence electrons. The van der Waals surface area contributed by atoms with E-state index in [0.717, 1.165) is 20.3 Å². The Labute approximate surface area is 130 Å². The molecule has 0 heterocycles. The van der Waals surface area contributed by atoms with Gasteiger partial charge in [0.05, 0.1) is 10.0 Å². The molecule has 0 spiro atoms. The van der Waals surface area contributed by atoms with Gasteiger partial charge in [0.25, 0.3) is 0 Å². The van der Waals surface area contributed by atoms with Crippen LogP contribution in [0.1, 0.15) is 22.8 Å². The molecule has 0 radical (unpaired) electrons. The molecule has 0 aliphatic rings. The maximum Gasteiger partial charge on any atom is 0.105 e. The predicted octanol–water partition coefficient (Wildman–Crippen LogP) is 4.99. The van der Waals surface area contributed by atoms with Gasteiger partial charge in [-0.3, -0.25) is 0 Å². The minimum absolute atomic E-state index is 0.455. The SMILES string of the molecule is Cc1cccc(C(O)c2ccc(Cl)c(Cl)c2)c1I. The van der Waals surface area contributed by atoms with Crippen molar-refractivity contribution >= 4 is 45.8 Å². The van der Waals surface area contributed by atoms with Gasteiger partial charge in [-0.1, -0.05) is 47.5 Å².